The Morgan fingerprint density at radius 2 is 1.50 bits per heavy atom. The number of hydrogen-bond acceptors (Lipinski definition) is 4. The minimum atomic E-state index is -2.62. The Balaban J connectivity index is 0. The quantitative estimate of drug-likeness (QED) is 0.288. The molecular formula is C3H9O4P. The van der Waals surface area contributed by atoms with Crippen molar-refractivity contribution in [3.8, 4) is 0 Å². The van der Waals surface area contributed by atoms with E-state index in [-0.39, 0.29) is 6.61 Å². The van der Waals surface area contributed by atoms with Gasteiger partial charge < -0.3 is 19.8 Å². The highest BCUT2D eigenvalue weighted by molar-refractivity contribution is 7.38. The standard InChI is InChI=1S/C3H6O.H3O3P/c1-2-3-4;1-4(2)3/h2,4H,1,3H2;1-3H. The smallest absolute Gasteiger partial charge is 0.324 e. The van der Waals surface area contributed by atoms with Crippen LogP contribution in [0.1, 0.15) is 0 Å². The minimum Gasteiger partial charge on any atom is -0.392 e. The number of hydrogen-bond donors (Lipinski definition) is 4. The van der Waals surface area contributed by atoms with E-state index in [0.29, 0.717) is 0 Å². The van der Waals surface area contributed by atoms with Gasteiger partial charge in [0.15, 0.2) is 0 Å². The second-order valence-electron chi connectivity index (χ2n) is 0.740. The molecule has 0 radical (unpaired) electrons. The Bertz CT molecular complexity index is 43.8. The molecule has 0 aliphatic carbocycles. The Kier molecular flexibility index (Phi) is 13.7. The van der Waals surface area contributed by atoms with Crippen LogP contribution in [0.25, 0.3) is 0 Å². The van der Waals surface area contributed by atoms with Gasteiger partial charge in [-0.2, -0.15) is 0 Å². The predicted octanol–water partition coefficient (Wildman–Crippen LogP) is -0.645. The first-order valence-corrected chi connectivity index (χ1v) is 2.93. The zero-order chi connectivity index (χ0) is 6.99. The van der Waals surface area contributed by atoms with E-state index in [1.165, 1.54) is 6.08 Å². The SMILES string of the molecule is C=CCO.OP(O)O. The molecule has 0 aromatic rings. The Morgan fingerprint density at radius 3 is 1.50 bits per heavy atom. The van der Waals surface area contributed by atoms with Gasteiger partial charge in [0, 0.05) is 0 Å². The summed E-state index contributed by atoms with van der Waals surface area (Å²) in [5.41, 5.74) is 0. The maximum atomic E-state index is 7.76. The molecule has 0 saturated carbocycles. The Morgan fingerprint density at radius 1 is 1.38 bits per heavy atom. The lowest BCUT2D eigenvalue weighted by molar-refractivity contribution is 0.343. The highest BCUT2D eigenvalue weighted by Crippen LogP contribution is 2.11. The van der Waals surface area contributed by atoms with Crippen LogP contribution < -0.4 is 0 Å². The van der Waals surface area contributed by atoms with E-state index in [1.54, 1.807) is 0 Å². The molecule has 0 amide bonds. The molecule has 0 heterocycles. The van der Waals surface area contributed by atoms with Gasteiger partial charge in [0.25, 0.3) is 0 Å². The van der Waals surface area contributed by atoms with Crippen LogP contribution >= 0.6 is 8.60 Å². The van der Waals surface area contributed by atoms with E-state index in [0.717, 1.165) is 0 Å². The van der Waals surface area contributed by atoms with Crippen molar-refractivity contribution in [2.45, 2.75) is 0 Å². The van der Waals surface area contributed by atoms with Gasteiger partial charge in [-0.3, -0.25) is 0 Å². The van der Waals surface area contributed by atoms with Crippen LogP contribution in [0.15, 0.2) is 12.7 Å². The van der Waals surface area contributed by atoms with Crippen molar-refractivity contribution in [3.05, 3.63) is 12.7 Å². The lowest BCUT2D eigenvalue weighted by Crippen LogP contribution is -1.62. The summed E-state index contributed by atoms with van der Waals surface area (Å²) in [4.78, 5) is 21.7. The summed E-state index contributed by atoms with van der Waals surface area (Å²) >= 11 is 0. The molecule has 0 aliphatic heterocycles. The number of rotatable bonds is 1. The van der Waals surface area contributed by atoms with Gasteiger partial charge in [0.1, 0.15) is 0 Å². The summed E-state index contributed by atoms with van der Waals surface area (Å²) in [6, 6.07) is 0. The molecule has 0 aliphatic rings. The average Bonchev–Trinajstić information content (AvgIpc) is 1.65. The Hall–Kier alpha value is 0.0100. The molecule has 4 N–H and O–H groups in total. The fourth-order valence-corrected chi connectivity index (χ4v) is 0. The highest BCUT2D eigenvalue weighted by atomic mass is 31.2. The minimum absolute atomic E-state index is 0.0833. The van der Waals surface area contributed by atoms with Crippen LogP contribution in [0, 0.1) is 0 Å². The second-order valence-corrected chi connectivity index (χ2v) is 1.28. The molecule has 50 valence electrons. The largest absolute Gasteiger partial charge is 0.392 e. The molecule has 0 aromatic carbocycles. The van der Waals surface area contributed by atoms with Crippen molar-refractivity contribution in [2.75, 3.05) is 6.61 Å². The van der Waals surface area contributed by atoms with Gasteiger partial charge in [-0.25, -0.2) is 0 Å². The summed E-state index contributed by atoms with van der Waals surface area (Å²) in [7, 11) is -2.62. The first-order chi connectivity index (χ1) is 3.65. The van der Waals surface area contributed by atoms with Gasteiger partial charge >= 0.3 is 8.60 Å². The van der Waals surface area contributed by atoms with Crippen LogP contribution in [0.5, 0.6) is 0 Å². The third-order valence-electron chi connectivity index (χ3n) is 0.129. The van der Waals surface area contributed by atoms with E-state index >= 15 is 0 Å². The molecule has 0 fully saturated rings. The second kappa shape index (κ2) is 10.1. The molecule has 0 atom stereocenters. The van der Waals surface area contributed by atoms with Crippen LogP contribution in [0.3, 0.4) is 0 Å². The highest BCUT2D eigenvalue weighted by Gasteiger charge is 1.76. The molecule has 0 unspecified atom stereocenters. The van der Waals surface area contributed by atoms with E-state index in [2.05, 4.69) is 6.58 Å². The summed E-state index contributed by atoms with van der Waals surface area (Å²) in [5.74, 6) is 0. The topological polar surface area (TPSA) is 80.9 Å². The lowest BCUT2D eigenvalue weighted by Gasteiger charge is -1.76. The molecule has 0 aromatic heterocycles. The zero-order valence-corrected chi connectivity index (χ0v) is 5.12. The first-order valence-electron chi connectivity index (χ1n) is 1.73. The third-order valence-corrected chi connectivity index (χ3v) is 0.129. The van der Waals surface area contributed by atoms with Gasteiger partial charge in [-0.15, -0.1) is 6.58 Å². The van der Waals surface area contributed by atoms with Crippen molar-refractivity contribution in [1.29, 1.82) is 0 Å². The monoisotopic (exact) mass is 140 g/mol. The van der Waals surface area contributed by atoms with Crippen LogP contribution in [0.4, 0.5) is 0 Å². The Labute approximate surface area is 48.7 Å². The predicted molar refractivity (Wildman–Crippen MR) is 30.9 cm³/mol. The van der Waals surface area contributed by atoms with Gasteiger partial charge in [0.2, 0.25) is 0 Å². The molecule has 0 saturated heterocycles. The third kappa shape index (κ3) is 148. The van der Waals surface area contributed by atoms with Crippen LogP contribution in [0.2, 0.25) is 0 Å². The summed E-state index contributed by atoms with van der Waals surface area (Å²) in [6.45, 7) is 3.31. The molecular weight excluding hydrogens is 131 g/mol. The molecule has 4 nitrogen and oxygen atoms in total. The van der Waals surface area contributed by atoms with Crippen molar-refractivity contribution in [3.63, 3.8) is 0 Å². The maximum Gasteiger partial charge on any atom is 0.324 e. The lowest BCUT2D eigenvalue weighted by atomic mass is 10.7. The van der Waals surface area contributed by atoms with E-state index in [4.69, 9.17) is 19.8 Å². The summed E-state index contributed by atoms with van der Waals surface area (Å²) in [5, 5.41) is 7.76. The normalized spacial score (nSPS) is 7.62. The number of aliphatic hydroxyl groups is 1. The molecule has 8 heavy (non-hydrogen) atoms. The van der Waals surface area contributed by atoms with Crippen molar-refractivity contribution < 1.29 is 19.8 Å². The van der Waals surface area contributed by atoms with Crippen LogP contribution in [-0.4, -0.2) is 26.4 Å². The van der Waals surface area contributed by atoms with Crippen LogP contribution in [-0.2, 0) is 0 Å². The first kappa shape index (κ1) is 10.9. The summed E-state index contributed by atoms with van der Waals surface area (Å²) in [6.07, 6.45) is 1.43. The van der Waals surface area contributed by atoms with Gasteiger partial charge in [0.05, 0.1) is 6.61 Å². The molecule has 0 rings (SSSR count). The molecule has 5 heteroatoms. The van der Waals surface area contributed by atoms with Gasteiger partial charge in [-0.1, -0.05) is 6.08 Å². The van der Waals surface area contributed by atoms with E-state index in [1.807, 2.05) is 0 Å². The zero-order valence-electron chi connectivity index (χ0n) is 4.23. The maximum absolute atomic E-state index is 7.76. The van der Waals surface area contributed by atoms with Crippen molar-refractivity contribution in [1.82, 2.24) is 0 Å². The summed E-state index contributed by atoms with van der Waals surface area (Å²) < 4.78 is 0. The average molecular weight is 140 g/mol. The number of aliphatic hydroxyl groups excluding tert-OH is 1. The molecule has 0 spiro atoms. The van der Waals surface area contributed by atoms with Crippen molar-refractivity contribution in [2.24, 2.45) is 0 Å². The fraction of sp³-hybridized carbons (Fsp3) is 0.333. The van der Waals surface area contributed by atoms with Crippen molar-refractivity contribution >= 4 is 8.60 Å². The fourth-order valence-electron chi connectivity index (χ4n) is 0. The molecule has 0 bridgehead atoms. The van der Waals surface area contributed by atoms with E-state index in [9.17, 15) is 0 Å². The van der Waals surface area contributed by atoms with E-state index < -0.39 is 8.60 Å². The van der Waals surface area contributed by atoms with Gasteiger partial charge in [-0.05, 0) is 0 Å².